The average molecular weight is 838 g/mol. The van der Waals surface area contributed by atoms with Crippen molar-refractivity contribution in [2.75, 3.05) is 54.1 Å². The molecule has 0 aromatic rings. The van der Waals surface area contributed by atoms with Crippen molar-refractivity contribution < 1.29 is 37.3 Å². The molecule has 0 amide bonds. The van der Waals surface area contributed by atoms with Gasteiger partial charge < -0.3 is 27.9 Å². The van der Waals surface area contributed by atoms with Crippen molar-refractivity contribution in [3.8, 4) is 0 Å². The molecule has 0 aromatic carbocycles. The van der Waals surface area contributed by atoms with Gasteiger partial charge in [-0.15, -0.1) is 0 Å². The molecule has 0 heterocycles. The minimum Gasteiger partial charge on any atom is -0.756 e. The van der Waals surface area contributed by atoms with Crippen LogP contribution in [0.1, 0.15) is 200 Å². The Kier molecular flexibility index (Phi) is 41.0. The van der Waals surface area contributed by atoms with E-state index in [2.05, 4.69) is 62.5 Å². The number of hydrogen-bond donors (Lipinski definition) is 0. The van der Waals surface area contributed by atoms with E-state index in [-0.39, 0.29) is 25.8 Å². The summed E-state index contributed by atoms with van der Waals surface area (Å²) in [4.78, 5) is 25.1. The van der Waals surface area contributed by atoms with Gasteiger partial charge in [0, 0.05) is 13.0 Å². The maximum atomic E-state index is 12.7. The number of unbranched alkanes of at least 4 members (excludes halogenated alkanes) is 22. The Morgan fingerprint density at radius 1 is 0.534 bits per heavy atom. The molecule has 0 saturated carbocycles. The summed E-state index contributed by atoms with van der Waals surface area (Å²) in [6.45, 7) is 5.36. The fourth-order valence-corrected chi connectivity index (χ4v) is 7.10. The summed E-state index contributed by atoms with van der Waals surface area (Å²) in [7, 11) is 1.34. The summed E-state index contributed by atoms with van der Waals surface area (Å²) in [5, 5.41) is 0. The molecule has 2 atom stereocenters. The standard InChI is InChI=1S/C49H92NO7P/c1-6-8-10-12-14-16-18-20-22-24-26-28-30-32-34-36-38-40-42-49(51)57-48(47-56-58(52,53)55-45-43-50(3,4)5)46-54-44-41-39-37-35-33-31-29-27-25-23-21-19-17-15-13-11-9-7-2/h15-18,21-24,48H,6-14,19-20,25-47H2,1-5H3/b17-15-,18-16-,23-21-,24-22-. The van der Waals surface area contributed by atoms with Gasteiger partial charge in [-0.3, -0.25) is 9.36 Å². The molecule has 0 radical (unpaired) electrons. The van der Waals surface area contributed by atoms with Crippen LogP contribution in [0.5, 0.6) is 0 Å². The number of carbonyl (C=O) groups excluding carboxylic acids is 1. The van der Waals surface area contributed by atoms with Gasteiger partial charge in [-0.2, -0.15) is 0 Å². The van der Waals surface area contributed by atoms with Crippen molar-refractivity contribution in [2.45, 2.75) is 206 Å². The topological polar surface area (TPSA) is 94.1 Å². The van der Waals surface area contributed by atoms with Crippen molar-refractivity contribution in [2.24, 2.45) is 0 Å². The number of phosphoric acid groups is 1. The molecule has 0 aliphatic carbocycles. The van der Waals surface area contributed by atoms with Crippen LogP contribution in [-0.2, 0) is 27.9 Å². The Hall–Kier alpha value is -1.54. The summed E-state index contributed by atoms with van der Waals surface area (Å²) in [5.41, 5.74) is 0. The normalized spacial score (nSPS) is 14.1. The SMILES string of the molecule is CCCCC/C=C\C/C=C\CCCCCCCCCCOCC(COP(=O)([O-])OCC[N+](C)(C)C)OC(=O)CCCCCCCCC/C=C\C/C=C\CCCCCC. The zero-order valence-electron chi connectivity index (χ0n) is 38.5. The van der Waals surface area contributed by atoms with Crippen molar-refractivity contribution in [1.82, 2.24) is 0 Å². The summed E-state index contributed by atoms with van der Waals surface area (Å²) < 4.78 is 34.7. The predicted octanol–water partition coefficient (Wildman–Crippen LogP) is 13.7. The van der Waals surface area contributed by atoms with Crippen LogP contribution in [0.3, 0.4) is 0 Å². The lowest BCUT2D eigenvalue weighted by molar-refractivity contribution is -0.870. The third-order valence-electron chi connectivity index (χ3n) is 10.1. The third-order valence-corrected chi connectivity index (χ3v) is 11.1. The van der Waals surface area contributed by atoms with E-state index in [4.69, 9.17) is 18.5 Å². The minimum atomic E-state index is -4.53. The Balaban J connectivity index is 4.22. The molecule has 0 N–H and O–H groups in total. The number of ether oxygens (including phenoxy) is 2. The van der Waals surface area contributed by atoms with Crippen molar-refractivity contribution >= 4 is 13.8 Å². The second kappa shape index (κ2) is 42.2. The molecule has 0 aliphatic rings. The lowest BCUT2D eigenvalue weighted by atomic mass is 10.1. The molecule has 0 spiro atoms. The van der Waals surface area contributed by atoms with E-state index >= 15 is 0 Å². The zero-order chi connectivity index (χ0) is 42.7. The van der Waals surface area contributed by atoms with Gasteiger partial charge >= 0.3 is 5.97 Å². The highest BCUT2D eigenvalue weighted by molar-refractivity contribution is 7.45. The molecule has 58 heavy (non-hydrogen) atoms. The summed E-state index contributed by atoms with van der Waals surface area (Å²) in [6, 6.07) is 0. The molecule has 0 saturated heterocycles. The lowest BCUT2D eigenvalue weighted by Gasteiger charge is -2.28. The number of hydrogen-bond acceptors (Lipinski definition) is 7. The first-order chi connectivity index (χ1) is 28.1. The highest BCUT2D eigenvalue weighted by atomic mass is 31.2. The van der Waals surface area contributed by atoms with Gasteiger partial charge in [0.2, 0.25) is 0 Å². The zero-order valence-corrected chi connectivity index (χ0v) is 39.4. The van der Waals surface area contributed by atoms with E-state index in [1.54, 1.807) is 0 Å². The number of rotatable bonds is 44. The molecule has 0 fully saturated rings. The van der Waals surface area contributed by atoms with Gasteiger partial charge in [0.05, 0.1) is 34.4 Å². The molecule has 8 nitrogen and oxygen atoms in total. The van der Waals surface area contributed by atoms with Crippen molar-refractivity contribution in [3.63, 3.8) is 0 Å². The van der Waals surface area contributed by atoms with Crippen LogP contribution in [0.15, 0.2) is 48.6 Å². The van der Waals surface area contributed by atoms with E-state index in [0.29, 0.717) is 24.1 Å². The molecular weight excluding hydrogens is 746 g/mol. The quantitative estimate of drug-likeness (QED) is 0.0198. The highest BCUT2D eigenvalue weighted by Gasteiger charge is 2.20. The van der Waals surface area contributed by atoms with Gasteiger partial charge in [0.25, 0.3) is 7.82 Å². The number of carbonyl (C=O) groups is 1. The van der Waals surface area contributed by atoms with Crippen molar-refractivity contribution in [3.05, 3.63) is 48.6 Å². The first kappa shape index (κ1) is 56.5. The second-order valence-electron chi connectivity index (χ2n) is 17.1. The Labute approximate surface area is 358 Å². The van der Waals surface area contributed by atoms with Crippen LogP contribution in [0.4, 0.5) is 0 Å². The molecular formula is C49H92NO7P. The maximum Gasteiger partial charge on any atom is 0.306 e. The van der Waals surface area contributed by atoms with E-state index in [1.165, 1.54) is 128 Å². The number of likely N-dealkylation sites (N-methyl/N-ethyl adjacent to an activating group) is 1. The number of phosphoric ester groups is 1. The summed E-state index contributed by atoms with van der Waals surface area (Å²) in [6.07, 6.45) is 51.2. The number of esters is 1. The number of allylic oxidation sites excluding steroid dienone is 8. The number of quaternary nitrogens is 1. The van der Waals surface area contributed by atoms with E-state index in [9.17, 15) is 14.3 Å². The van der Waals surface area contributed by atoms with Gasteiger partial charge in [-0.05, 0) is 77.0 Å². The molecule has 9 heteroatoms. The number of nitrogens with zero attached hydrogens (tertiary/aromatic N) is 1. The summed E-state index contributed by atoms with van der Waals surface area (Å²) in [5.74, 6) is -0.344. The van der Waals surface area contributed by atoms with Crippen molar-refractivity contribution in [1.29, 1.82) is 0 Å². The average Bonchev–Trinajstić information content (AvgIpc) is 3.18. The van der Waals surface area contributed by atoms with Crippen LogP contribution in [0.2, 0.25) is 0 Å². The van der Waals surface area contributed by atoms with Crippen LogP contribution in [0, 0.1) is 0 Å². The summed E-state index contributed by atoms with van der Waals surface area (Å²) >= 11 is 0. The lowest BCUT2D eigenvalue weighted by Crippen LogP contribution is -2.37. The first-order valence-electron chi connectivity index (χ1n) is 23.9. The fourth-order valence-electron chi connectivity index (χ4n) is 6.37. The molecule has 2 unspecified atom stereocenters. The second-order valence-corrected chi connectivity index (χ2v) is 18.5. The highest BCUT2D eigenvalue weighted by Crippen LogP contribution is 2.38. The Bertz CT molecular complexity index is 1070. The largest absolute Gasteiger partial charge is 0.756 e. The molecule has 0 aliphatic heterocycles. The molecule has 0 aromatic heterocycles. The van der Waals surface area contributed by atoms with Gasteiger partial charge in [0.1, 0.15) is 19.3 Å². The van der Waals surface area contributed by atoms with E-state index in [0.717, 1.165) is 51.4 Å². The van der Waals surface area contributed by atoms with Gasteiger partial charge in [-0.25, -0.2) is 0 Å². The Morgan fingerprint density at radius 2 is 0.948 bits per heavy atom. The van der Waals surface area contributed by atoms with Crippen LogP contribution >= 0.6 is 7.82 Å². The van der Waals surface area contributed by atoms with Crippen LogP contribution < -0.4 is 4.89 Å². The predicted molar refractivity (Wildman–Crippen MR) is 245 cm³/mol. The molecule has 0 rings (SSSR count). The van der Waals surface area contributed by atoms with E-state index < -0.39 is 13.9 Å². The first-order valence-corrected chi connectivity index (χ1v) is 25.3. The smallest absolute Gasteiger partial charge is 0.306 e. The Morgan fingerprint density at radius 3 is 1.43 bits per heavy atom. The van der Waals surface area contributed by atoms with Gasteiger partial charge in [-0.1, -0.05) is 165 Å². The third kappa shape index (κ3) is 45.5. The van der Waals surface area contributed by atoms with Crippen LogP contribution in [0.25, 0.3) is 0 Å². The maximum absolute atomic E-state index is 12.7. The fraction of sp³-hybridized carbons (Fsp3) is 0.816. The van der Waals surface area contributed by atoms with Gasteiger partial charge in [0.15, 0.2) is 0 Å². The monoisotopic (exact) mass is 838 g/mol. The molecule has 0 bridgehead atoms. The van der Waals surface area contributed by atoms with Crippen LogP contribution in [-0.4, -0.2) is 70.7 Å². The minimum absolute atomic E-state index is 0.0220. The van der Waals surface area contributed by atoms with E-state index in [1.807, 2.05) is 21.1 Å². The molecule has 340 valence electrons.